The fraction of sp³-hybridized carbons (Fsp3) is 0.238. The Bertz CT molecular complexity index is 907. The standard InChI is InChI=1S/C21H23NO5/c1-23-17-9-8-15(13-18(17)24-2)22-10-6-7-16(22)14-11-19(25-3)21(27-5)20(12-14)26-4/h6-13H,1-5H3. The SMILES string of the molecule is COc1ccc(-n2cccc2-c2cc(OC)c(OC)c(OC)c2)cc1OC. The predicted octanol–water partition coefficient (Wildman–Crippen LogP) is 4.19. The van der Waals surface area contributed by atoms with Gasteiger partial charge in [-0.3, -0.25) is 0 Å². The molecule has 0 N–H and O–H groups in total. The third kappa shape index (κ3) is 3.38. The molecule has 0 saturated carbocycles. The molecule has 0 atom stereocenters. The van der Waals surface area contributed by atoms with Crippen LogP contribution < -0.4 is 23.7 Å². The molecule has 3 aromatic rings. The van der Waals surface area contributed by atoms with E-state index in [0.717, 1.165) is 16.9 Å². The lowest BCUT2D eigenvalue weighted by atomic mass is 10.1. The molecule has 0 bridgehead atoms. The molecule has 0 amide bonds. The van der Waals surface area contributed by atoms with Crippen LogP contribution in [0.3, 0.4) is 0 Å². The fourth-order valence-corrected chi connectivity index (χ4v) is 3.05. The van der Waals surface area contributed by atoms with Crippen LogP contribution in [0.2, 0.25) is 0 Å². The lowest BCUT2D eigenvalue weighted by Crippen LogP contribution is -1.99. The predicted molar refractivity (Wildman–Crippen MR) is 104 cm³/mol. The Hall–Kier alpha value is -3.28. The van der Waals surface area contributed by atoms with E-state index in [-0.39, 0.29) is 0 Å². The molecular weight excluding hydrogens is 346 g/mol. The van der Waals surface area contributed by atoms with Gasteiger partial charge in [-0.2, -0.15) is 0 Å². The monoisotopic (exact) mass is 369 g/mol. The Balaban J connectivity index is 2.13. The molecule has 27 heavy (non-hydrogen) atoms. The first-order valence-electron chi connectivity index (χ1n) is 8.37. The molecule has 1 heterocycles. The molecule has 2 aromatic carbocycles. The topological polar surface area (TPSA) is 51.1 Å². The van der Waals surface area contributed by atoms with Crippen molar-refractivity contribution in [3.8, 4) is 45.7 Å². The summed E-state index contributed by atoms with van der Waals surface area (Å²) in [6.45, 7) is 0. The normalized spacial score (nSPS) is 10.4. The smallest absolute Gasteiger partial charge is 0.203 e. The van der Waals surface area contributed by atoms with Crippen molar-refractivity contribution in [3.05, 3.63) is 48.7 Å². The van der Waals surface area contributed by atoms with E-state index in [2.05, 4.69) is 4.57 Å². The fourth-order valence-electron chi connectivity index (χ4n) is 3.05. The van der Waals surface area contributed by atoms with Crippen LogP contribution in [0.5, 0.6) is 28.7 Å². The Morgan fingerprint density at radius 2 is 1.26 bits per heavy atom. The highest BCUT2D eigenvalue weighted by molar-refractivity contribution is 5.71. The van der Waals surface area contributed by atoms with Crippen LogP contribution in [-0.2, 0) is 0 Å². The van der Waals surface area contributed by atoms with Crippen molar-refractivity contribution < 1.29 is 23.7 Å². The van der Waals surface area contributed by atoms with Gasteiger partial charge in [-0.05, 0) is 36.4 Å². The van der Waals surface area contributed by atoms with E-state index in [1.807, 2.05) is 48.7 Å². The van der Waals surface area contributed by atoms with E-state index in [4.69, 9.17) is 23.7 Å². The third-order valence-electron chi connectivity index (χ3n) is 4.35. The Labute approximate surface area is 158 Å². The summed E-state index contributed by atoms with van der Waals surface area (Å²) in [5.74, 6) is 3.12. The van der Waals surface area contributed by atoms with Gasteiger partial charge in [0.25, 0.3) is 0 Å². The van der Waals surface area contributed by atoms with Gasteiger partial charge in [0.2, 0.25) is 5.75 Å². The summed E-state index contributed by atoms with van der Waals surface area (Å²) in [6.07, 6.45) is 1.99. The number of nitrogens with zero attached hydrogens (tertiary/aromatic N) is 1. The molecule has 6 nitrogen and oxygen atoms in total. The zero-order valence-corrected chi connectivity index (χ0v) is 16.1. The van der Waals surface area contributed by atoms with E-state index in [1.165, 1.54) is 0 Å². The summed E-state index contributed by atoms with van der Waals surface area (Å²) in [7, 11) is 8.04. The maximum absolute atomic E-state index is 5.48. The summed E-state index contributed by atoms with van der Waals surface area (Å²) in [4.78, 5) is 0. The lowest BCUT2D eigenvalue weighted by Gasteiger charge is -2.16. The van der Waals surface area contributed by atoms with Gasteiger partial charge in [0.05, 0.1) is 41.2 Å². The van der Waals surface area contributed by atoms with Gasteiger partial charge in [-0.1, -0.05) is 0 Å². The number of benzene rings is 2. The van der Waals surface area contributed by atoms with Gasteiger partial charge in [0.1, 0.15) is 0 Å². The van der Waals surface area contributed by atoms with Crippen LogP contribution in [0, 0.1) is 0 Å². The van der Waals surface area contributed by atoms with Gasteiger partial charge >= 0.3 is 0 Å². The summed E-state index contributed by atoms with van der Waals surface area (Å²) < 4.78 is 29.2. The van der Waals surface area contributed by atoms with E-state index in [0.29, 0.717) is 28.7 Å². The first kappa shape index (κ1) is 18.5. The molecule has 0 aliphatic carbocycles. The molecule has 0 saturated heterocycles. The largest absolute Gasteiger partial charge is 0.493 e. The van der Waals surface area contributed by atoms with Crippen molar-refractivity contribution in [2.45, 2.75) is 0 Å². The summed E-state index contributed by atoms with van der Waals surface area (Å²) >= 11 is 0. The number of aromatic nitrogens is 1. The van der Waals surface area contributed by atoms with Crippen molar-refractivity contribution in [1.29, 1.82) is 0 Å². The summed E-state index contributed by atoms with van der Waals surface area (Å²) in [5.41, 5.74) is 2.85. The van der Waals surface area contributed by atoms with Crippen molar-refractivity contribution in [1.82, 2.24) is 4.57 Å². The van der Waals surface area contributed by atoms with Crippen molar-refractivity contribution >= 4 is 0 Å². The molecule has 6 heteroatoms. The van der Waals surface area contributed by atoms with Crippen molar-refractivity contribution in [2.75, 3.05) is 35.5 Å². The highest BCUT2D eigenvalue weighted by atomic mass is 16.5. The van der Waals surface area contributed by atoms with Crippen LogP contribution in [-0.4, -0.2) is 40.1 Å². The minimum Gasteiger partial charge on any atom is -0.493 e. The molecule has 0 unspecified atom stereocenters. The van der Waals surface area contributed by atoms with Crippen LogP contribution in [0.1, 0.15) is 0 Å². The van der Waals surface area contributed by atoms with Gasteiger partial charge in [0.15, 0.2) is 23.0 Å². The number of hydrogen-bond acceptors (Lipinski definition) is 5. The Kier molecular flexibility index (Phi) is 5.45. The maximum Gasteiger partial charge on any atom is 0.203 e. The van der Waals surface area contributed by atoms with Crippen molar-refractivity contribution in [2.24, 2.45) is 0 Å². The average molecular weight is 369 g/mol. The lowest BCUT2D eigenvalue weighted by molar-refractivity contribution is 0.324. The molecule has 1 aromatic heterocycles. The maximum atomic E-state index is 5.48. The van der Waals surface area contributed by atoms with Gasteiger partial charge in [0, 0.05) is 23.5 Å². The third-order valence-corrected chi connectivity index (χ3v) is 4.35. The van der Waals surface area contributed by atoms with Gasteiger partial charge < -0.3 is 28.3 Å². The Morgan fingerprint density at radius 3 is 1.81 bits per heavy atom. The zero-order valence-electron chi connectivity index (χ0n) is 16.1. The van der Waals surface area contributed by atoms with E-state index in [9.17, 15) is 0 Å². The van der Waals surface area contributed by atoms with E-state index in [1.54, 1.807) is 35.5 Å². The Morgan fingerprint density at radius 1 is 0.630 bits per heavy atom. The summed E-state index contributed by atoms with van der Waals surface area (Å²) in [5, 5.41) is 0. The molecule has 0 aliphatic rings. The second kappa shape index (κ2) is 7.95. The number of methoxy groups -OCH3 is 5. The van der Waals surface area contributed by atoms with Gasteiger partial charge in [-0.15, -0.1) is 0 Å². The van der Waals surface area contributed by atoms with Crippen molar-refractivity contribution in [3.63, 3.8) is 0 Å². The minimum atomic E-state index is 0.563. The average Bonchev–Trinajstić information content (AvgIpc) is 3.21. The molecular formula is C21H23NO5. The second-order valence-corrected chi connectivity index (χ2v) is 5.72. The molecule has 0 aliphatic heterocycles. The van der Waals surface area contributed by atoms with Gasteiger partial charge in [-0.25, -0.2) is 0 Å². The molecule has 142 valence electrons. The number of hydrogen-bond donors (Lipinski definition) is 0. The van der Waals surface area contributed by atoms with Crippen LogP contribution in [0.4, 0.5) is 0 Å². The van der Waals surface area contributed by atoms with E-state index < -0.39 is 0 Å². The highest BCUT2D eigenvalue weighted by Gasteiger charge is 2.16. The first-order chi connectivity index (χ1) is 13.2. The van der Waals surface area contributed by atoms with Crippen LogP contribution in [0.15, 0.2) is 48.7 Å². The molecule has 0 radical (unpaired) electrons. The summed E-state index contributed by atoms with van der Waals surface area (Å²) in [6, 6.07) is 13.6. The highest BCUT2D eigenvalue weighted by Crippen LogP contribution is 2.42. The number of rotatable bonds is 7. The second-order valence-electron chi connectivity index (χ2n) is 5.72. The minimum absolute atomic E-state index is 0.563. The quantitative estimate of drug-likeness (QED) is 0.625. The van der Waals surface area contributed by atoms with Crippen LogP contribution >= 0.6 is 0 Å². The molecule has 0 fully saturated rings. The number of ether oxygens (including phenoxy) is 5. The zero-order chi connectivity index (χ0) is 19.4. The first-order valence-corrected chi connectivity index (χ1v) is 8.37. The van der Waals surface area contributed by atoms with Crippen LogP contribution in [0.25, 0.3) is 16.9 Å². The van der Waals surface area contributed by atoms with E-state index >= 15 is 0 Å². The molecule has 0 spiro atoms. The molecule has 3 rings (SSSR count).